The van der Waals surface area contributed by atoms with Crippen molar-refractivity contribution in [1.82, 2.24) is 9.62 Å². The second-order valence-corrected chi connectivity index (χ2v) is 9.57. The molecule has 2 aromatic rings. The number of benzene rings is 2. The van der Waals surface area contributed by atoms with Crippen LogP contribution in [0.4, 0.5) is 0 Å². The van der Waals surface area contributed by atoms with Crippen LogP contribution in [0.25, 0.3) is 0 Å². The van der Waals surface area contributed by atoms with Gasteiger partial charge >= 0.3 is 0 Å². The van der Waals surface area contributed by atoms with Crippen LogP contribution in [0.15, 0.2) is 35.2 Å². The number of likely N-dealkylation sites (N-methyl/N-ethyl adjacent to an activating group) is 1. The molecule has 7 heteroatoms. The molecule has 0 aliphatic carbocycles. The van der Waals surface area contributed by atoms with Gasteiger partial charge in [0.2, 0.25) is 15.9 Å². The Morgan fingerprint density at radius 1 is 1.07 bits per heavy atom. The SMILES string of the molecule is CCN(CC(=O)N[C@@H](C)c1cc(C)c(C)cc1C)S(=O)(=O)c1cc(C)ccc1OC. The monoisotopic (exact) mass is 432 g/mol. The molecule has 0 fully saturated rings. The van der Waals surface area contributed by atoms with Crippen molar-refractivity contribution in [2.75, 3.05) is 20.2 Å². The van der Waals surface area contributed by atoms with Crippen LogP contribution in [0.1, 0.15) is 47.7 Å². The van der Waals surface area contributed by atoms with Crippen LogP contribution in [0.5, 0.6) is 5.75 Å². The third kappa shape index (κ3) is 5.21. The summed E-state index contributed by atoms with van der Waals surface area (Å²) in [5, 5.41) is 2.94. The van der Waals surface area contributed by atoms with Gasteiger partial charge in [0.05, 0.1) is 19.7 Å². The molecule has 0 saturated carbocycles. The zero-order chi connectivity index (χ0) is 22.6. The minimum atomic E-state index is -3.88. The molecule has 6 nitrogen and oxygen atoms in total. The first-order valence-electron chi connectivity index (χ1n) is 10.0. The van der Waals surface area contributed by atoms with Crippen LogP contribution < -0.4 is 10.1 Å². The van der Waals surface area contributed by atoms with Gasteiger partial charge in [-0.3, -0.25) is 4.79 Å². The van der Waals surface area contributed by atoms with Gasteiger partial charge in [0.1, 0.15) is 10.6 Å². The Morgan fingerprint density at radius 3 is 2.30 bits per heavy atom. The summed E-state index contributed by atoms with van der Waals surface area (Å²) < 4.78 is 32.8. The Morgan fingerprint density at radius 2 is 1.70 bits per heavy atom. The van der Waals surface area contributed by atoms with Gasteiger partial charge in [-0.25, -0.2) is 8.42 Å². The molecular formula is C23H32N2O4S. The fourth-order valence-electron chi connectivity index (χ4n) is 3.47. The van der Waals surface area contributed by atoms with Crippen LogP contribution >= 0.6 is 0 Å². The molecule has 1 amide bonds. The Balaban J connectivity index is 2.22. The van der Waals surface area contributed by atoms with Crippen molar-refractivity contribution in [2.45, 2.75) is 52.5 Å². The summed E-state index contributed by atoms with van der Waals surface area (Å²) in [7, 11) is -2.45. The average molecular weight is 433 g/mol. The third-order valence-corrected chi connectivity index (χ3v) is 7.28. The van der Waals surface area contributed by atoms with E-state index in [1.54, 1.807) is 25.1 Å². The standard InChI is InChI=1S/C23H32N2O4S/c1-8-25(30(27,28)22-11-15(2)9-10-21(22)29-7)14-23(26)24-19(6)20-13-17(4)16(3)12-18(20)5/h9-13,19H,8,14H2,1-7H3,(H,24,26)/t19-/m0/s1. The van der Waals surface area contributed by atoms with Gasteiger partial charge in [-0.05, 0) is 74.6 Å². The molecule has 0 heterocycles. The van der Waals surface area contributed by atoms with E-state index in [9.17, 15) is 13.2 Å². The zero-order valence-corrected chi connectivity index (χ0v) is 19.7. The van der Waals surface area contributed by atoms with E-state index in [0.29, 0.717) is 0 Å². The number of aryl methyl sites for hydroxylation is 4. The minimum Gasteiger partial charge on any atom is -0.495 e. The highest BCUT2D eigenvalue weighted by atomic mass is 32.2. The number of amides is 1. The summed E-state index contributed by atoms with van der Waals surface area (Å²) in [4.78, 5) is 12.8. The highest BCUT2D eigenvalue weighted by molar-refractivity contribution is 7.89. The Kier molecular flexibility index (Phi) is 7.66. The molecule has 164 valence electrons. The Bertz CT molecular complexity index is 1030. The van der Waals surface area contributed by atoms with E-state index in [1.165, 1.54) is 17.0 Å². The van der Waals surface area contributed by atoms with Crippen LogP contribution in [0.2, 0.25) is 0 Å². The lowest BCUT2D eigenvalue weighted by Gasteiger charge is -2.23. The summed E-state index contributed by atoms with van der Waals surface area (Å²) >= 11 is 0. The van der Waals surface area contributed by atoms with Crippen molar-refractivity contribution >= 4 is 15.9 Å². The molecule has 2 rings (SSSR count). The second kappa shape index (κ2) is 9.62. The van der Waals surface area contributed by atoms with E-state index in [4.69, 9.17) is 4.74 Å². The Labute approximate surface area is 180 Å². The van der Waals surface area contributed by atoms with Gasteiger partial charge in [-0.2, -0.15) is 4.31 Å². The summed E-state index contributed by atoms with van der Waals surface area (Å²) in [6.07, 6.45) is 0. The molecule has 1 N–H and O–H groups in total. The lowest BCUT2D eigenvalue weighted by atomic mass is 9.96. The number of methoxy groups -OCH3 is 1. The van der Waals surface area contributed by atoms with Crippen LogP contribution in [-0.2, 0) is 14.8 Å². The maximum Gasteiger partial charge on any atom is 0.247 e. The van der Waals surface area contributed by atoms with Crippen LogP contribution in [0.3, 0.4) is 0 Å². The van der Waals surface area contributed by atoms with Crippen LogP contribution in [0, 0.1) is 27.7 Å². The van der Waals surface area contributed by atoms with Crippen molar-refractivity contribution in [3.8, 4) is 5.75 Å². The van der Waals surface area contributed by atoms with Gasteiger partial charge in [0.15, 0.2) is 0 Å². The molecule has 1 atom stereocenters. The first-order chi connectivity index (χ1) is 14.0. The van der Waals surface area contributed by atoms with Crippen molar-refractivity contribution in [3.05, 3.63) is 58.1 Å². The minimum absolute atomic E-state index is 0.0673. The molecule has 0 aliphatic rings. The lowest BCUT2D eigenvalue weighted by Crippen LogP contribution is -2.41. The van der Waals surface area contributed by atoms with Crippen molar-refractivity contribution < 1.29 is 17.9 Å². The smallest absolute Gasteiger partial charge is 0.247 e. The predicted octanol–water partition coefficient (Wildman–Crippen LogP) is 3.82. The number of nitrogens with zero attached hydrogens (tertiary/aromatic N) is 1. The fourth-order valence-corrected chi connectivity index (χ4v) is 5.11. The van der Waals surface area contributed by atoms with E-state index in [1.807, 2.05) is 27.7 Å². The highest BCUT2D eigenvalue weighted by Crippen LogP contribution is 2.28. The molecule has 0 bridgehead atoms. The van der Waals surface area contributed by atoms with Crippen molar-refractivity contribution in [3.63, 3.8) is 0 Å². The lowest BCUT2D eigenvalue weighted by molar-refractivity contribution is -0.121. The molecule has 0 saturated heterocycles. The van der Waals surface area contributed by atoms with Gasteiger partial charge in [0.25, 0.3) is 0 Å². The first-order valence-corrected chi connectivity index (χ1v) is 11.5. The van der Waals surface area contributed by atoms with E-state index in [0.717, 1.165) is 22.3 Å². The highest BCUT2D eigenvalue weighted by Gasteiger charge is 2.29. The molecule has 0 radical (unpaired) electrons. The molecule has 0 aromatic heterocycles. The van der Waals surface area contributed by atoms with E-state index < -0.39 is 10.0 Å². The molecule has 2 aromatic carbocycles. The molecular weight excluding hydrogens is 400 g/mol. The summed E-state index contributed by atoms with van der Waals surface area (Å²) in [6, 6.07) is 8.92. The number of nitrogens with one attached hydrogen (secondary N) is 1. The van der Waals surface area contributed by atoms with Gasteiger partial charge < -0.3 is 10.1 Å². The van der Waals surface area contributed by atoms with Crippen LogP contribution in [-0.4, -0.2) is 38.8 Å². The van der Waals surface area contributed by atoms with Gasteiger partial charge in [-0.1, -0.05) is 25.1 Å². The summed E-state index contributed by atoms with van der Waals surface area (Å²) in [5.74, 6) is -0.0873. The number of hydrogen-bond donors (Lipinski definition) is 1. The zero-order valence-electron chi connectivity index (χ0n) is 18.9. The van der Waals surface area contributed by atoms with Crippen molar-refractivity contribution in [2.24, 2.45) is 0 Å². The predicted molar refractivity (Wildman–Crippen MR) is 119 cm³/mol. The number of carbonyl (C=O) groups is 1. The topological polar surface area (TPSA) is 75.7 Å². The quantitative estimate of drug-likeness (QED) is 0.688. The average Bonchev–Trinajstić information content (AvgIpc) is 2.68. The summed E-state index contributed by atoms with van der Waals surface area (Å²) in [6.45, 7) is 11.4. The molecule has 0 aliphatic heterocycles. The normalized spacial score (nSPS) is 12.7. The van der Waals surface area contributed by atoms with E-state index in [2.05, 4.69) is 24.4 Å². The maximum atomic E-state index is 13.2. The van der Waals surface area contributed by atoms with E-state index in [-0.39, 0.29) is 35.7 Å². The number of sulfonamides is 1. The third-order valence-electron chi connectivity index (χ3n) is 5.34. The second-order valence-electron chi connectivity index (χ2n) is 7.67. The molecule has 0 spiro atoms. The fraction of sp³-hybridized carbons (Fsp3) is 0.435. The summed E-state index contributed by atoms with van der Waals surface area (Å²) in [5.41, 5.74) is 5.27. The maximum absolute atomic E-state index is 13.2. The Hall–Kier alpha value is -2.38. The molecule has 30 heavy (non-hydrogen) atoms. The van der Waals surface area contributed by atoms with E-state index >= 15 is 0 Å². The number of ether oxygens (including phenoxy) is 1. The van der Waals surface area contributed by atoms with Crippen molar-refractivity contribution in [1.29, 1.82) is 0 Å². The number of rotatable bonds is 8. The largest absolute Gasteiger partial charge is 0.495 e. The van der Waals surface area contributed by atoms with Gasteiger partial charge in [-0.15, -0.1) is 0 Å². The first kappa shape index (κ1) is 23.9. The number of hydrogen-bond acceptors (Lipinski definition) is 4. The number of carbonyl (C=O) groups excluding carboxylic acids is 1. The molecule has 0 unspecified atom stereocenters. The van der Waals surface area contributed by atoms with Gasteiger partial charge in [0, 0.05) is 6.54 Å².